The number of aromatic nitrogens is 4. The highest BCUT2D eigenvalue weighted by molar-refractivity contribution is 7.08. The van der Waals surface area contributed by atoms with Gasteiger partial charge in [0.05, 0.1) is 18.5 Å². The molecule has 0 unspecified atom stereocenters. The lowest BCUT2D eigenvalue weighted by Gasteiger charge is -2.09. The van der Waals surface area contributed by atoms with Gasteiger partial charge in [-0.1, -0.05) is 29.8 Å². The van der Waals surface area contributed by atoms with Crippen LogP contribution in [0.2, 0.25) is 0 Å². The fraction of sp³-hybridized carbons (Fsp3) is 0.154. The Kier molecular flexibility index (Phi) is 6.40. The molecule has 0 aliphatic carbocycles. The van der Waals surface area contributed by atoms with Gasteiger partial charge in [0.1, 0.15) is 11.6 Å². The van der Waals surface area contributed by atoms with Gasteiger partial charge < -0.3 is 14.5 Å². The molecule has 3 heterocycles. The fourth-order valence-corrected chi connectivity index (χ4v) is 4.25. The second-order valence-corrected chi connectivity index (χ2v) is 8.70. The minimum atomic E-state index is -0.180. The average Bonchev–Trinajstić information content (AvgIpc) is 3.64. The molecular weight excluding hydrogens is 462 g/mol. The lowest BCUT2D eigenvalue weighted by Crippen LogP contribution is -2.15. The predicted octanol–water partition coefficient (Wildman–Crippen LogP) is 5.54. The number of carbonyl (C=O) groups excluding carboxylic acids is 1. The van der Waals surface area contributed by atoms with Crippen molar-refractivity contribution < 1.29 is 13.9 Å². The largest absolute Gasteiger partial charge is 0.496 e. The van der Waals surface area contributed by atoms with Crippen LogP contribution in [0, 0.1) is 6.92 Å². The van der Waals surface area contributed by atoms with Crippen LogP contribution in [-0.4, -0.2) is 33.0 Å². The van der Waals surface area contributed by atoms with Gasteiger partial charge in [0.2, 0.25) is 17.7 Å². The van der Waals surface area contributed by atoms with E-state index in [-0.39, 0.29) is 12.3 Å². The Morgan fingerprint density at radius 3 is 2.71 bits per heavy atom. The van der Waals surface area contributed by atoms with Gasteiger partial charge in [-0.15, -0.1) is 10.2 Å². The Balaban J connectivity index is 1.37. The highest BCUT2D eigenvalue weighted by Crippen LogP contribution is 2.31. The van der Waals surface area contributed by atoms with E-state index >= 15 is 0 Å². The molecule has 0 atom stereocenters. The van der Waals surface area contributed by atoms with E-state index in [4.69, 9.17) is 14.3 Å². The average molecular weight is 486 g/mol. The standard InChI is InChI=1S/C26H23N5O3S/c1-17-7-9-19(10-8-17)31-23(15-21(30-31)20-5-3-4-6-22(20)33-2)27-24(32)11-12-25-28-29-26(34-25)18-13-14-35-16-18/h3-10,13-16H,11-12H2,1-2H3,(H,27,32). The Morgan fingerprint density at radius 2 is 1.94 bits per heavy atom. The molecule has 0 radical (unpaired) electrons. The third-order valence-corrected chi connectivity index (χ3v) is 6.12. The van der Waals surface area contributed by atoms with Gasteiger partial charge in [0.25, 0.3) is 0 Å². The number of benzene rings is 2. The van der Waals surface area contributed by atoms with Gasteiger partial charge >= 0.3 is 0 Å². The zero-order chi connectivity index (χ0) is 24.2. The normalized spacial score (nSPS) is 10.9. The Hall–Kier alpha value is -4.24. The molecule has 8 nitrogen and oxygen atoms in total. The molecule has 9 heteroatoms. The van der Waals surface area contributed by atoms with Crippen LogP contribution >= 0.6 is 11.3 Å². The van der Waals surface area contributed by atoms with Crippen molar-refractivity contribution in [3.05, 3.63) is 82.9 Å². The smallest absolute Gasteiger partial charge is 0.248 e. The van der Waals surface area contributed by atoms with E-state index in [0.717, 1.165) is 22.4 Å². The zero-order valence-corrected chi connectivity index (χ0v) is 20.1. The number of thiophene rings is 1. The number of methoxy groups -OCH3 is 1. The maximum absolute atomic E-state index is 12.9. The summed E-state index contributed by atoms with van der Waals surface area (Å²) in [4.78, 5) is 12.9. The molecule has 0 aliphatic rings. The summed E-state index contributed by atoms with van der Waals surface area (Å²) in [5.74, 6) is 1.96. The third kappa shape index (κ3) is 4.99. The van der Waals surface area contributed by atoms with E-state index in [1.54, 1.807) is 23.1 Å². The first-order valence-corrected chi connectivity index (χ1v) is 12.0. The molecule has 0 bridgehead atoms. The van der Waals surface area contributed by atoms with Gasteiger partial charge in [0, 0.05) is 35.4 Å². The number of amides is 1. The number of para-hydroxylation sites is 1. The van der Waals surface area contributed by atoms with Gasteiger partial charge in [-0.05, 0) is 42.6 Å². The van der Waals surface area contributed by atoms with Gasteiger partial charge in [-0.3, -0.25) is 4.79 Å². The number of nitrogens with one attached hydrogen (secondary N) is 1. The van der Waals surface area contributed by atoms with E-state index in [1.807, 2.05) is 78.3 Å². The zero-order valence-electron chi connectivity index (χ0n) is 19.3. The topological polar surface area (TPSA) is 95.1 Å². The van der Waals surface area contributed by atoms with Crippen molar-refractivity contribution in [3.8, 4) is 34.1 Å². The summed E-state index contributed by atoms with van der Waals surface area (Å²) < 4.78 is 12.9. The SMILES string of the molecule is COc1ccccc1-c1cc(NC(=O)CCc2nnc(-c3ccsc3)o2)n(-c2ccc(C)cc2)n1. The van der Waals surface area contributed by atoms with Gasteiger partial charge in [-0.2, -0.15) is 16.4 Å². The molecule has 0 spiro atoms. The number of anilines is 1. The number of hydrogen-bond acceptors (Lipinski definition) is 7. The summed E-state index contributed by atoms with van der Waals surface area (Å²) in [5, 5.41) is 19.8. The fourth-order valence-electron chi connectivity index (χ4n) is 3.62. The van der Waals surface area contributed by atoms with E-state index in [1.165, 1.54) is 0 Å². The summed E-state index contributed by atoms with van der Waals surface area (Å²) in [6, 6.07) is 19.4. The van der Waals surface area contributed by atoms with Crippen LogP contribution in [0.15, 0.2) is 75.8 Å². The van der Waals surface area contributed by atoms with Gasteiger partial charge in [0.15, 0.2) is 0 Å². The molecule has 176 valence electrons. The molecule has 5 aromatic rings. The van der Waals surface area contributed by atoms with E-state index < -0.39 is 0 Å². The first kappa shape index (κ1) is 22.5. The Morgan fingerprint density at radius 1 is 1.11 bits per heavy atom. The van der Waals surface area contributed by atoms with Crippen LogP contribution in [0.1, 0.15) is 17.9 Å². The molecular formula is C26H23N5O3S. The van der Waals surface area contributed by atoms with Crippen LogP contribution in [0.25, 0.3) is 28.4 Å². The molecule has 5 rings (SSSR count). The number of rotatable bonds is 8. The molecule has 0 fully saturated rings. The highest BCUT2D eigenvalue weighted by atomic mass is 32.1. The van der Waals surface area contributed by atoms with Crippen molar-refractivity contribution in [3.63, 3.8) is 0 Å². The second-order valence-electron chi connectivity index (χ2n) is 7.92. The molecule has 3 aromatic heterocycles. The van der Waals surface area contributed by atoms with Crippen LogP contribution in [0.5, 0.6) is 5.75 Å². The van der Waals surface area contributed by atoms with Crippen molar-refractivity contribution in [2.45, 2.75) is 19.8 Å². The third-order valence-electron chi connectivity index (χ3n) is 5.44. The first-order chi connectivity index (χ1) is 17.1. The van der Waals surface area contributed by atoms with Crippen LogP contribution < -0.4 is 10.1 Å². The molecule has 2 aromatic carbocycles. The predicted molar refractivity (Wildman–Crippen MR) is 135 cm³/mol. The molecule has 0 aliphatic heterocycles. The minimum absolute atomic E-state index is 0.180. The summed E-state index contributed by atoms with van der Waals surface area (Å²) in [6.45, 7) is 2.02. The molecule has 0 saturated carbocycles. The minimum Gasteiger partial charge on any atom is -0.496 e. The summed E-state index contributed by atoms with van der Waals surface area (Å²) >= 11 is 1.56. The maximum atomic E-state index is 12.9. The number of aryl methyl sites for hydroxylation is 2. The highest BCUT2D eigenvalue weighted by Gasteiger charge is 2.17. The first-order valence-electron chi connectivity index (χ1n) is 11.1. The van der Waals surface area contributed by atoms with Crippen molar-refractivity contribution in [1.82, 2.24) is 20.0 Å². The van der Waals surface area contributed by atoms with Crippen LogP contribution in [0.3, 0.4) is 0 Å². The van der Waals surface area contributed by atoms with Crippen LogP contribution in [0.4, 0.5) is 5.82 Å². The molecule has 1 N–H and O–H groups in total. The lowest BCUT2D eigenvalue weighted by atomic mass is 10.1. The number of ether oxygens (including phenoxy) is 1. The second kappa shape index (κ2) is 9.94. The summed E-state index contributed by atoms with van der Waals surface area (Å²) in [5.41, 5.74) is 4.38. The van der Waals surface area contributed by atoms with Gasteiger partial charge in [-0.25, -0.2) is 4.68 Å². The molecule has 0 saturated heterocycles. The number of carbonyl (C=O) groups is 1. The van der Waals surface area contributed by atoms with E-state index in [0.29, 0.717) is 35.5 Å². The van der Waals surface area contributed by atoms with Crippen molar-refractivity contribution >= 4 is 23.1 Å². The summed E-state index contributed by atoms with van der Waals surface area (Å²) in [7, 11) is 1.62. The van der Waals surface area contributed by atoms with Crippen molar-refractivity contribution in [2.75, 3.05) is 12.4 Å². The number of nitrogens with zero attached hydrogens (tertiary/aromatic N) is 4. The Labute approximate surface area is 206 Å². The quantitative estimate of drug-likeness (QED) is 0.310. The molecule has 35 heavy (non-hydrogen) atoms. The van der Waals surface area contributed by atoms with Crippen molar-refractivity contribution in [2.24, 2.45) is 0 Å². The van der Waals surface area contributed by atoms with Crippen LogP contribution in [-0.2, 0) is 11.2 Å². The lowest BCUT2D eigenvalue weighted by molar-refractivity contribution is -0.116. The van der Waals surface area contributed by atoms with E-state index in [2.05, 4.69) is 15.5 Å². The summed E-state index contributed by atoms with van der Waals surface area (Å²) in [6.07, 6.45) is 0.523. The maximum Gasteiger partial charge on any atom is 0.248 e. The Bertz CT molecular complexity index is 1440. The number of hydrogen-bond donors (Lipinski definition) is 1. The van der Waals surface area contributed by atoms with Crippen molar-refractivity contribution in [1.29, 1.82) is 0 Å². The monoisotopic (exact) mass is 485 g/mol. The van der Waals surface area contributed by atoms with E-state index in [9.17, 15) is 4.79 Å². The molecule has 1 amide bonds.